The van der Waals surface area contributed by atoms with Gasteiger partial charge in [-0.05, 0) is 23.3 Å². The molecule has 0 atom stereocenters. The molecule has 0 bridgehead atoms. The maximum Gasteiger partial charge on any atom is 0.514 e. The first-order valence-corrected chi connectivity index (χ1v) is 6.81. The minimum absolute atomic E-state index is 0.0630. The summed E-state index contributed by atoms with van der Waals surface area (Å²) in [5, 5.41) is 10.5. The van der Waals surface area contributed by atoms with E-state index < -0.39 is 11.1 Å². The predicted octanol–water partition coefficient (Wildman–Crippen LogP) is 3.28. The van der Waals surface area contributed by atoms with Crippen LogP contribution in [0.1, 0.15) is 11.1 Å². The molecule has 0 radical (unpaired) electrons. The highest BCUT2D eigenvalue weighted by Crippen LogP contribution is 2.24. The van der Waals surface area contributed by atoms with Crippen LogP contribution >= 0.6 is 0 Å². The molecule has 2 aromatic rings. The summed E-state index contributed by atoms with van der Waals surface area (Å²) in [6.07, 6.45) is 0.312. The lowest BCUT2D eigenvalue weighted by atomic mass is 10.1. The largest absolute Gasteiger partial charge is 0.514 e. The molecule has 1 aliphatic carbocycles. The van der Waals surface area contributed by atoms with Crippen LogP contribution in [0.2, 0.25) is 0 Å². The summed E-state index contributed by atoms with van der Waals surface area (Å²) in [5.74, 6) is 0.214. The van der Waals surface area contributed by atoms with E-state index in [1.165, 1.54) is 35.4 Å². The maximum atomic E-state index is 11.8. The quantitative estimate of drug-likeness (QED) is 0.376. The number of nitro groups is 1. The zero-order valence-corrected chi connectivity index (χ0v) is 11.6. The van der Waals surface area contributed by atoms with Gasteiger partial charge in [-0.25, -0.2) is 4.79 Å². The molecule has 0 saturated heterocycles. The van der Waals surface area contributed by atoms with Crippen LogP contribution in [0.25, 0.3) is 0 Å². The standard InChI is InChI=1S/C16H13NO5/c18-16(21-14-7-5-13(6-8-14)17(19)20)22-15-9-11-3-1-2-4-12(11)10-15/h1-8,15H,9-10H2. The van der Waals surface area contributed by atoms with E-state index in [1.54, 1.807) is 0 Å². The Balaban J connectivity index is 1.56. The van der Waals surface area contributed by atoms with Crippen molar-refractivity contribution in [1.82, 2.24) is 0 Å². The van der Waals surface area contributed by atoms with Crippen molar-refractivity contribution in [2.75, 3.05) is 0 Å². The second-order valence-electron chi connectivity index (χ2n) is 5.02. The Hall–Kier alpha value is -2.89. The number of ether oxygens (including phenoxy) is 2. The number of hydrogen-bond donors (Lipinski definition) is 0. The summed E-state index contributed by atoms with van der Waals surface area (Å²) in [6.45, 7) is 0. The van der Waals surface area contributed by atoms with Gasteiger partial charge in [0, 0.05) is 25.0 Å². The molecular formula is C16H13NO5. The zero-order chi connectivity index (χ0) is 15.5. The molecule has 0 aliphatic heterocycles. The molecule has 112 valence electrons. The van der Waals surface area contributed by atoms with Crippen LogP contribution < -0.4 is 4.74 Å². The maximum absolute atomic E-state index is 11.8. The summed E-state index contributed by atoms with van der Waals surface area (Å²) in [4.78, 5) is 21.8. The third-order valence-electron chi connectivity index (χ3n) is 3.53. The molecule has 0 unspecified atom stereocenters. The van der Waals surface area contributed by atoms with Crippen molar-refractivity contribution >= 4 is 11.8 Å². The van der Waals surface area contributed by atoms with E-state index in [9.17, 15) is 14.9 Å². The van der Waals surface area contributed by atoms with E-state index in [4.69, 9.17) is 9.47 Å². The third-order valence-corrected chi connectivity index (χ3v) is 3.53. The van der Waals surface area contributed by atoms with Gasteiger partial charge in [0.2, 0.25) is 0 Å². The van der Waals surface area contributed by atoms with Crippen molar-refractivity contribution in [2.45, 2.75) is 18.9 Å². The lowest BCUT2D eigenvalue weighted by molar-refractivity contribution is -0.384. The van der Waals surface area contributed by atoms with Crippen LogP contribution in [0.5, 0.6) is 5.75 Å². The summed E-state index contributed by atoms with van der Waals surface area (Å²) < 4.78 is 10.3. The van der Waals surface area contributed by atoms with Gasteiger partial charge in [0.15, 0.2) is 0 Å². The van der Waals surface area contributed by atoms with Crippen molar-refractivity contribution in [3.63, 3.8) is 0 Å². The van der Waals surface area contributed by atoms with Gasteiger partial charge in [-0.1, -0.05) is 24.3 Å². The molecular weight excluding hydrogens is 286 g/mol. The average molecular weight is 299 g/mol. The first-order chi connectivity index (χ1) is 10.6. The minimum atomic E-state index is -0.799. The van der Waals surface area contributed by atoms with E-state index in [1.807, 2.05) is 24.3 Å². The molecule has 0 aromatic heterocycles. The predicted molar refractivity (Wildman–Crippen MR) is 77.8 cm³/mol. The highest BCUT2D eigenvalue weighted by molar-refractivity contribution is 5.64. The Morgan fingerprint density at radius 3 is 2.18 bits per heavy atom. The normalized spacial score (nSPS) is 13.5. The van der Waals surface area contributed by atoms with Gasteiger partial charge < -0.3 is 9.47 Å². The van der Waals surface area contributed by atoms with Gasteiger partial charge in [0.05, 0.1) is 4.92 Å². The Morgan fingerprint density at radius 2 is 1.64 bits per heavy atom. The lowest BCUT2D eigenvalue weighted by Crippen LogP contribution is -2.21. The second kappa shape index (κ2) is 5.85. The summed E-state index contributed by atoms with van der Waals surface area (Å²) in [7, 11) is 0. The Bertz CT molecular complexity index is 686. The highest BCUT2D eigenvalue weighted by atomic mass is 16.7. The highest BCUT2D eigenvalue weighted by Gasteiger charge is 2.25. The first kappa shape index (κ1) is 14.1. The molecule has 1 aliphatic rings. The number of rotatable bonds is 3. The van der Waals surface area contributed by atoms with Gasteiger partial charge in [-0.2, -0.15) is 0 Å². The molecule has 0 saturated carbocycles. The summed E-state index contributed by atoms with van der Waals surface area (Å²) in [5.41, 5.74) is 2.29. The molecule has 0 spiro atoms. The molecule has 6 nitrogen and oxygen atoms in total. The second-order valence-corrected chi connectivity index (χ2v) is 5.02. The molecule has 0 heterocycles. The van der Waals surface area contributed by atoms with Crippen LogP contribution in [-0.2, 0) is 17.6 Å². The molecule has 22 heavy (non-hydrogen) atoms. The van der Waals surface area contributed by atoms with Crippen LogP contribution in [0.4, 0.5) is 10.5 Å². The molecule has 0 amide bonds. The van der Waals surface area contributed by atoms with Gasteiger partial charge in [-0.3, -0.25) is 10.1 Å². The van der Waals surface area contributed by atoms with Gasteiger partial charge in [-0.15, -0.1) is 0 Å². The number of nitro benzene ring substituents is 1. The zero-order valence-electron chi connectivity index (χ0n) is 11.6. The average Bonchev–Trinajstić information content (AvgIpc) is 2.89. The number of carbonyl (C=O) groups is 1. The van der Waals surface area contributed by atoms with Gasteiger partial charge in [0.1, 0.15) is 11.9 Å². The number of non-ortho nitro benzene ring substituents is 1. The van der Waals surface area contributed by atoms with Crippen LogP contribution in [-0.4, -0.2) is 17.2 Å². The van der Waals surface area contributed by atoms with Crippen molar-refractivity contribution in [3.8, 4) is 5.75 Å². The number of nitrogens with zero attached hydrogens (tertiary/aromatic N) is 1. The van der Waals surface area contributed by atoms with E-state index in [2.05, 4.69) is 0 Å². The SMILES string of the molecule is O=C(Oc1ccc([N+](=O)[O-])cc1)OC1Cc2ccccc2C1. The van der Waals surface area contributed by atoms with Crippen LogP contribution in [0.15, 0.2) is 48.5 Å². The Kier molecular flexibility index (Phi) is 3.74. The summed E-state index contributed by atoms with van der Waals surface area (Å²) in [6, 6.07) is 13.2. The van der Waals surface area contributed by atoms with Gasteiger partial charge in [0.25, 0.3) is 5.69 Å². The molecule has 6 heteroatoms. The van der Waals surface area contributed by atoms with E-state index >= 15 is 0 Å². The molecule has 3 rings (SSSR count). The molecule has 0 N–H and O–H groups in total. The minimum Gasteiger partial charge on any atom is -0.430 e. The number of hydrogen-bond acceptors (Lipinski definition) is 5. The van der Waals surface area contributed by atoms with Gasteiger partial charge >= 0.3 is 6.16 Å². The number of fused-ring (bicyclic) bond motifs is 1. The van der Waals surface area contributed by atoms with E-state index in [-0.39, 0.29) is 17.5 Å². The van der Waals surface area contributed by atoms with E-state index in [0.717, 1.165) is 0 Å². The van der Waals surface area contributed by atoms with E-state index in [0.29, 0.717) is 12.8 Å². The Morgan fingerprint density at radius 1 is 1.05 bits per heavy atom. The van der Waals surface area contributed by atoms with Crippen molar-refractivity contribution in [3.05, 3.63) is 69.8 Å². The fraction of sp³-hybridized carbons (Fsp3) is 0.188. The number of benzene rings is 2. The van der Waals surface area contributed by atoms with Crippen molar-refractivity contribution in [2.24, 2.45) is 0 Å². The molecule has 0 fully saturated rings. The topological polar surface area (TPSA) is 78.7 Å². The smallest absolute Gasteiger partial charge is 0.430 e. The summed E-state index contributed by atoms with van der Waals surface area (Å²) >= 11 is 0. The molecule has 2 aromatic carbocycles. The Labute approximate surface area is 126 Å². The third kappa shape index (κ3) is 3.06. The van der Waals surface area contributed by atoms with Crippen LogP contribution in [0.3, 0.4) is 0 Å². The fourth-order valence-corrected chi connectivity index (χ4v) is 2.49. The first-order valence-electron chi connectivity index (χ1n) is 6.81. The number of carbonyl (C=O) groups excluding carboxylic acids is 1. The van der Waals surface area contributed by atoms with Crippen molar-refractivity contribution < 1.29 is 19.2 Å². The monoisotopic (exact) mass is 299 g/mol. The lowest BCUT2D eigenvalue weighted by Gasteiger charge is -2.11. The van der Waals surface area contributed by atoms with Crippen molar-refractivity contribution in [1.29, 1.82) is 0 Å². The van der Waals surface area contributed by atoms with Crippen LogP contribution in [0, 0.1) is 10.1 Å². The fourth-order valence-electron chi connectivity index (χ4n) is 2.49.